The van der Waals surface area contributed by atoms with Gasteiger partial charge >= 0.3 is 6.03 Å². The van der Waals surface area contributed by atoms with Gasteiger partial charge in [0.05, 0.1) is 10.7 Å². The number of hydrogen-bond donors (Lipinski definition) is 2. The van der Waals surface area contributed by atoms with Crippen LogP contribution < -0.4 is 15.5 Å². The van der Waals surface area contributed by atoms with Gasteiger partial charge < -0.3 is 15.5 Å². The highest BCUT2D eigenvalue weighted by Gasteiger charge is 2.14. The SMILES string of the molecule is CCCNC(=O)Nc1cc(N2CCCC2)ccc1Cl. The van der Waals surface area contributed by atoms with Crippen molar-refractivity contribution in [2.75, 3.05) is 29.9 Å². The summed E-state index contributed by atoms with van der Waals surface area (Å²) in [7, 11) is 0. The average molecular weight is 282 g/mol. The first-order valence-corrected chi connectivity index (χ1v) is 7.18. The summed E-state index contributed by atoms with van der Waals surface area (Å²) in [5.41, 5.74) is 1.78. The van der Waals surface area contributed by atoms with Gasteiger partial charge in [0, 0.05) is 25.3 Å². The highest BCUT2D eigenvalue weighted by Crippen LogP contribution is 2.29. The van der Waals surface area contributed by atoms with Crippen LogP contribution in [0.25, 0.3) is 0 Å². The van der Waals surface area contributed by atoms with Crippen LogP contribution in [0.5, 0.6) is 0 Å². The Labute approximate surface area is 119 Å². The van der Waals surface area contributed by atoms with E-state index in [1.54, 1.807) is 0 Å². The summed E-state index contributed by atoms with van der Waals surface area (Å²) in [5.74, 6) is 0. The quantitative estimate of drug-likeness (QED) is 0.887. The lowest BCUT2D eigenvalue weighted by molar-refractivity contribution is 0.252. The van der Waals surface area contributed by atoms with Gasteiger partial charge in [0.2, 0.25) is 0 Å². The van der Waals surface area contributed by atoms with Crippen LogP contribution in [-0.4, -0.2) is 25.7 Å². The molecule has 0 bridgehead atoms. The lowest BCUT2D eigenvalue weighted by Gasteiger charge is -2.19. The molecule has 0 aromatic heterocycles. The molecule has 19 heavy (non-hydrogen) atoms. The number of nitrogens with zero attached hydrogens (tertiary/aromatic N) is 1. The molecule has 0 radical (unpaired) electrons. The monoisotopic (exact) mass is 281 g/mol. The predicted octanol–water partition coefficient (Wildman–Crippen LogP) is 3.47. The maximum atomic E-state index is 11.7. The lowest BCUT2D eigenvalue weighted by atomic mass is 10.2. The van der Waals surface area contributed by atoms with E-state index in [1.807, 2.05) is 25.1 Å². The highest BCUT2D eigenvalue weighted by molar-refractivity contribution is 6.33. The maximum absolute atomic E-state index is 11.7. The van der Waals surface area contributed by atoms with Crippen molar-refractivity contribution in [1.82, 2.24) is 5.32 Å². The third-order valence-electron chi connectivity index (χ3n) is 3.20. The summed E-state index contributed by atoms with van der Waals surface area (Å²) in [6, 6.07) is 5.58. The summed E-state index contributed by atoms with van der Waals surface area (Å²) in [6.07, 6.45) is 3.36. The standard InChI is InChI=1S/C14H20ClN3O/c1-2-7-16-14(19)17-13-10-11(5-6-12(13)15)18-8-3-4-9-18/h5-6,10H,2-4,7-9H2,1H3,(H2,16,17,19). The zero-order valence-corrected chi connectivity index (χ0v) is 12.0. The fraction of sp³-hybridized carbons (Fsp3) is 0.500. The minimum absolute atomic E-state index is 0.206. The minimum Gasteiger partial charge on any atom is -0.371 e. The molecule has 2 N–H and O–H groups in total. The number of carbonyl (C=O) groups excluding carboxylic acids is 1. The summed E-state index contributed by atoms with van der Waals surface area (Å²) in [4.78, 5) is 14.0. The van der Waals surface area contributed by atoms with Gasteiger partial charge in [-0.2, -0.15) is 0 Å². The van der Waals surface area contributed by atoms with Gasteiger partial charge in [0.15, 0.2) is 0 Å². The van der Waals surface area contributed by atoms with Crippen molar-refractivity contribution < 1.29 is 4.79 Å². The summed E-state index contributed by atoms with van der Waals surface area (Å²) < 4.78 is 0. The Morgan fingerprint density at radius 1 is 1.37 bits per heavy atom. The summed E-state index contributed by atoms with van der Waals surface area (Å²) in [5, 5.41) is 6.14. The van der Waals surface area contributed by atoms with Crippen molar-refractivity contribution in [2.24, 2.45) is 0 Å². The van der Waals surface area contributed by atoms with E-state index in [0.717, 1.165) is 25.2 Å². The van der Waals surface area contributed by atoms with Gasteiger partial charge in [0.1, 0.15) is 0 Å². The molecule has 1 aliphatic heterocycles. The maximum Gasteiger partial charge on any atom is 0.319 e. The first kappa shape index (κ1) is 14.0. The van der Waals surface area contributed by atoms with E-state index >= 15 is 0 Å². The largest absolute Gasteiger partial charge is 0.371 e. The molecular formula is C14H20ClN3O. The number of halogens is 1. The van der Waals surface area contributed by atoms with Crippen LogP contribution in [-0.2, 0) is 0 Å². The molecule has 5 heteroatoms. The number of urea groups is 1. The van der Waals surface area contributed by atoms with E-state index in [1.165, 1.54) is 12.8 Å². The second kappa shape index (κ2) is 6.66. The van der Waals surface area contributed by atoms with Crippen molar-refractivity contribution >= 4 is 29.0 Å². The van der Waals surface area contributed by atoms with E-state index in [-0.39, 0.29) is 6.03 Å². The summed E-state index contributed by atoms with van der Waals surface area (Å²) in [6.45, 7) is 4.82. The van der Waals surface area contributed by atoms with Crippen LogP contribution in [0.1, 0.15) is 26.2 Å². The summed E-state index contributed by atoms with van der Waals surface area (Å²) >= 11 is 6.12. The topological polar surface area (TPSA) is 44.4 Å². The third kappa shape index (κ3) is 3.77. The van der Waals surface area contributed by atoms with Crippen molar-refractivity contribution in [1.29, 1.82) is 0 Å². The van der Waals surface area contributed by atoms with Gasteiger partial charge in [0.25, 0.3) is 0 Å². The Kier molecular flexibility index (Phi) is 4.91. The fourth-order valence-corrected chi connectivity index (χ4v) is 2.35. The molecule has 1 saturated heterocycles. The number of amides is 2. The van der Waals surface area contributed by atoms with Crippen molar-refractivity contribution in [3.8, 4) is 0 Å². The van der Waals surface area contributed by atoms with Gasteiger partial charge in [-0.3, -0.25) is 0 Å². The Balaban J connectivity index is 2.06. The van der Waals surface area contributed by atoms with Gasteiger partial charge in [-0.1, -0.05) is 18.5 Å². The molecule has 2 amide bonds. The number of rotatable bonds is 4. The zero-order valence-electron chi connectivity index (χ0n) is 11.2. The Bertz CT molecular complexity index is 444. The number of hydrogen-bond acceptors (Lipinski definition) is 2. The van der Waals surface area contributed by atoms with Gasteiger partial charge in [-0.25, -0.2) is 4.79 Å². The van der Waals surface area contributed by atoms with E-state index < -0.39 is 0 Å². The van der Waals surface area contributed by atoms with E-state index in [9.17, 15) is 4.79 Å². The molecule has 4 nitrogen and oxygen atoms in total. The molecular weight excluding hydrogens is 262 g/mol. The molecule has 0 saturated carbocycles. The first-order valence-electron chi connectivity index (χ1n) is 6.80. The molecule has 0 unspecified atom stereocenters. The molecule has 0 spiro atoms. The highest BCUT2D eigenvalue weighted by atomic mass is 35.5. The van der Waals surface area contributed by atoms with Crippen LogP contribution in [0.3, 0.4) is 0 Å². The van der Waals surface area contributed by atoms with E-state index in [4.69, 9.17) is 11.6 Å². The predicted molar refractivity (Wildman–Crippen MR) is 80.2 cm³/mol. The fourth-order valence-electron chi connectivity index (χ4n) is 2.19. The van der Waals surface area contributed by atoms with Crippen LogP contribution in [0.2, 0.25) is 5.02 Å². The molecule has 1 aromatic rings. The van der Waals surface area contributed by atoms with Crippen LogP contribution >= 0.6 is 11.6 Å². The minimum atomic E-state index is -0.206. The number of anilines is 2. The average Bonchev–Trinajstić information content (AvgIpc) is 2.93. The normalized spacial score (nSPS) is 14.5. The molecule has 1 aliphatic rings. The smallest absolute Gasteiger partial charge is 0.319 e. The molecule has 0 aliphatic carbocycles. The van der Waals surface area contributed by atoms with Gasteiger partial charge in [-0.05, 0) is 37.5 Å². The third-order valence-corrected chi connectivity index (χ3v) is 3.53. The van der Waals surface area contributed by atoms with Gasteiger partial charge in [-0.15, -0.1) is 0 Å². The number of nitrogens with one attached hydrogen (secondary N) is 2. The Morgan fingerprint density at radius 2 is 2.11 bits per heavy atom. The first-order chi connectivity index (χ1) is 9.20. The zero-order chi connectivity index (χ0) is 13.7. The van der Waals surface area contributed by atoms with E-state index in [0.29, 0.717) is 17.3 Å². The molecule has 104 valence electrons. The lowest BCUT2D eigenvalue weighted by Crippen LogP contribution is -2.29. The molecule has 0 atom stereocenters. The van der Waals surface area contributed by atoms with Crippen molar-refractivity contribution in [3.63, 3.8) is 0 Å². The second-order valence-corrected chi connectivity index (χ2v) is 5.15. The van der Waals surface area contributed by atoms with Crippen molar-refractivity contribution in [3.05, 3.63) is 23.2 Å². The number of carbonyl (C=O) groups is 1. The second-order valence-electron chi connectivity index (χ2n) is 4.74. The molecule has 1 aromatic carbocycles. The van der Waals surface area contributed by atoms with Crippen LogP contribution in [0.4, 0.5) is 16.2 Å². The molecule has 1 heterocycles. The van der Waals surface area contributed by atoms with Crippen molar-refractivity contribution in [2.45, 2.75) is 26.2 Å². The molecule has 2 rings (SSSR count). The number of benzene rings is 1. The Hall–Kier alpha value is -1.42. The van der Waals surface area contributed by atoms with Crippen LogP contribution in [0.15, 0.2) is 18.2 Å². The molecule has 1 fully saturated rings. The van der Waals surface area contributed by atoms with Crippen LogP contribution in [0, 0.1) is 0 Å². The van der Waals surface area contributed by atoms with E-state index in [2.05, 4.69) is 15.5 Å². The Morgan fingerprint density at radius 3 is 2.79 bits per heavy atom.